The quantitative estimate of drug-likeness (QED) is 0.466. The standard InChI is InChI=1S/C21H20Cl2FN5O2/c1-13(12-31-2)26-20-25-10-9-19(28-20)29(16-6-4-15(24)5-7-16)21(30)27-18-8-3-14(22)11-17(18)23/h3-11,13H,12H2,1-2H3,(H,27,30)(H,25,26,28)/t13-/m0/s1. The van der Waals surface area contributed by atoms with Gasteiger partial charge in [-0.25, -0.2) is 19.1 Å². The molecule has 0 radical (unpaired) electrons. The van der Waals surface area contributed by atoms with Crippen molar-refractivity contribution in [3.05, 3.63) is 70.6 Å². The minimum atomic E-state index is -0.551. The maximum absolute atomic E-state index is 13.5. The van der Waals surface area contributed by atoms with Crippen molar-refractivity contribution >= 4 is 52.4 Å². The second-order valence-corrected chi connectivity index (χ2v) is 7.45. The smallest absolute Gasteiger partial charge is 0.332 e. The third kappa shape index (κ3) is 6.04. The second kappa shape index (κ2) is 10.4. The Morgan fingerprint density at radius 2 is 1.94 bits per heavy atom. The summed E-state index contributed by atoms with van der Waals surface area (Å²) in [7, 11) is 1.60. The third-order valence-electron chi connectivity index (χ3n) is 4.12. The lowest BCUT2D eigenvalue weighted by molar-refractivity contribution is 0.190. The molecule has 162 valence electrons. The van der Waals surface area contributed by atoms with Gasteiger partial charge in [-0.2, -0.15) is 4.98 Å². The van der Waals surface area contributed by atoms with Crippen molar-refractivity contribution in [2.45, 2.75) is 13.0 Å². The molecule has 1 aromatic heterocycles. The van der Waals surface area contributed by atoms with Crippen LogP contribution in [-0.4, -0.2) is 35.8 Å². The van der Waals surface area contributed by atoms with Gasteiger partial charge in [0.1, 0.15) is 11.6 Å². The van der Waals surface area contributed by atoms with Gasteiger partial charge in [-0.1, -0.05) is 23.2 Å². The van der Waals surface area contributed by atoms with E-state index in [1.54, 1.807) is 25.3 Å². The first-order valence-corrected chi connectivity index (χ1v) is 10.0. The van der Waals surface area contributed by atoms with Gasteiger partial charge in [-0.05, 0) is 49.4 Å². The Hall–Kier alpha value is -2.94. The Bertz CT molecular complexity index is 1050. The molecule has 0 spiro atoms. The van der Waals surface area contributed by atoms with E-state index in [-0.39, 0.29) is 16.9 Å². The van der Waals surface area contributed by atoms with Crippen LogP contribution in [0.15, 0.2) is 54.7 Å². The van der Waals surface area contributed by atoms with Crippen molar-refractivity contribution in [3.8, 4) is 0 Å². The van der Waals surface area contributed by atoms with E-state index in [2.05, 4.69) is 20.6 Å². The molecule has 0 saturated heterocycles. The molecule has 3 aromatic rings. The van der Waals surface area contributed by atoms with Gasteiger partial charge in [0.15, 0.2) is 0 Å². The van der Waals surface area contributed by atoms with E-state index in [9.17, 15) is 9.18 Å². The van der Waals surface area contributed by atoms with E-state index in [1.165, 1.54) is 41.4 Å². The third-order valence-corrected chi connectivity index (χ3v) is 4.67. The van der Waals surface area contributed by atoms with Gasteiger partial charge in [0.2, 0.25) is 5.95 Å². The molecule has 0 bridgehead atoms. The molecule has 0 saturated carbocycles. The summed E-state index contributed by atoms with van der Waals surface area (Å²) in [5, 5.41) is 6.55. The molecule has 7 nitrogen and oxygen atoms in total. The van der Waals surface area contributed by atoms with Crippen LogP contribution in [0.25, 0.3) is 0 Å². The number of methoxy groups -OCH3 is 1. The van der Waals surface area contributed by atoms with Gasteiger partial charge in [0.05, 0.1) is 23.0 Å². The first kappa shape index (κ1) is 22.7. The SMILES string of the molecule is COC[C@H](C)Nc1nccc(N(C(=O)Nc2ccc(Cl)cc2Cl)c2ccc(F)cc2)n1. The van der Waals surface area contributed by atoms with Crippen molar-refractivity contribution in [2.75, 3.05) is 29.3 Å². The molecular formula is C21H20Cl2FN5O2. The molecule has 2 amide bonds. The zero-order chi connectivity index (χ0) is 22.4. The minimum absolute atomic E-state index is 0.0544. The lowest BCUT2D eigenvalue weighted by Crippen LogP contribution is -2.32. The highest BCUT2D eigenvalue weighted by Gasteiger charge is 2.21. The van der Waals surface area contributed by atoms with Crippen molar-refractivity contribution in [1.29, 1.82) is 0 Å². The van der Waals surface area contributed by atoms with Crippen LogP contribution in [-0.2, 0) is 4.74 Å². The summed E-state index contributed by atoms with van der Waals surface area (Å²) < 4.78 is 18.6. The molecule has 2 N–H and O–H groups in total. The first-order valence-electron chi connectivity index (χ1n) is 9.27. The fourth-order valence-electron chi connectivity index (χ4n) is 2.76. The molecule has 0 aliphatic rings. The van der Waals surface area contributed by atoms with E-state index >= 15 is 0 Å². The predicted octanol–water partition coefficient (Wildman–Crippen LogP) is 5.74. The van der Waals surface area contributed by atoms with E-state index in [4.69, 9.17) is 27.9 Å². The van der Waals surface area contributed by atoms with E-state index in [0.717, 1.165) is 0 Å². The number of hydrogen-bond donors (Lipinski definition) is 2. The number of benzene rings is 2. The summed E-state index contributed by atoms with van der Waals surface area (Å²) in [6, 6.07) is 11.1. The van der Waals surface area contributed by atoms with Crippen LogP contribution in [0.3, 0.4) is 0 Å². The molecule has 3 rings (SSSR count). The van der Waals surface area contributed by atoms with Crippen LogP contribution < -0.4 is 15.5 Å². The first-order chi connectivity index (χ1) is 14.9. The number of hydrogen-bond acceptors (Lipinski definition) is 5. The summed E-state index contributed by atoms with van der Waals surface area (Å²) in [5.74, 6) is 0.158. The number of aromatic nitrogens is 2. The van der Waals surface area contributed by atoms with Crippen molar-refractivity contribution in [3.63, 3.8) is 0 Å². The highest BCUT2D eigenvalue weighted by atomic mass is 35.5. The number of halogens is 3. The fourth-order valence-corrected chi connectivity index (χ4v) is 3.22. The zero-order valence-corrected chi connectivity index (χ0v) is 18.3. The molecule has 10 heteroatoms. The number of urea groups is 1. The van der Waals surface area contributed by atoms with Crippen LogP contribution in [0.5, 0.6) is 0 Å². The number of amides is 2. The minimum Gasteiger partial charge on any atom is -0.383 e. The average molecular weight is 464 g/mol. The number of anilines is 4. The van der Waals surface area contributed by atoms with Gasteiger partial charge < -0.3 is 15.4 Å². The molecule has 0 fully saturated rings. The molecular weight excluding hydrogens is 444 g/mol. The zero-order valence-electron chi connectivity index (χ0n) is 16.8. The summed E-state index contributed by atoms with van der Waals surface area (Å²) >= 11 is 12.1. The maximum atomic E-state index is 13.5. The van der Waals surface area contributed by atoms with Crippen molar-refractivity contribution in [1.82, 2.24) is 9.97 Å². The Morgan fingerprint density at radius 1 is 1.19 bits per heavy atom. The number of nitrogens with zero attached hydrogens (tertiary/aromatic N) is 3. The van der Waals surface area contributed by atoms with Gasteiger partial charge in [0, 0.05) is 30.4 Å². The number of ether oxygens (including phenoxy) is 1. The van der Waals surface area contributed by atoms with Crippen LogP contribution in [0, 0.1) is 5.82 Å². The van der Waals surface area contributed by atoms with Crippen LogP contribution in [0.2, 0.25) is 10.0 Å². The second-order valence-electron chi connectivity index (χ2n) is 6.61. The Morgan fingerprint density at radius 3 is 2.61 bits per heavy atom. The summed E-state index contributed by atoms with van der Waals surface area (Å²) in [4.78, 5) is 23.1. The number of rotatable bonds is 7. The van der Waals surface area contributed by atoms with Crippen molar-refractivity contribution in [2.24, 2.45) is 0 Å². The van der Waals surface area contributed by atoms with Gasteiger partial charge >= 0.3 is 6.03 Å². The van der Waals surface area contributed by atoms with Gasteiger partial charge in [-0.15, -0.1) is 0 Å². The molecule has 0 aliphatic heterocycles. The van der Waals surface area contributed by atoms with Gasteiger partial charge in [0.25, 0.3) is 0 Å². The van der Waals surface area contributed by atoms with Crippen LogP contribution in [0.4, 0.5) is 32.3 Å². The molecule has 31 heavy (non-hydrogen) atoms. The summed E-state index contributed by atoms with van der Waals surface area (Å²) in [6.07, 6.45) is 1.52. The highest BCUT2D eigenvalue weighted by Crippen LogP contribution is 2.29. The molecule has 1 atom stereocenters. The maximum Gasteiger partial charge on any atom is 0.332 e. The van der Waals surface area contributed by atoms with Crippen molar-refractivity contribution < 1.29 is 13.9 Å². The fraction of sp³-hybridized carbons (Fsp3) is 0.190. The Kier molecular flexibility index (Phi) is 7.62. The summed E-state index contributed by atoms with van der Waals surface area (Å²) in [5.41, 5.74) is 0.767. The predicted molar refractivity (Wildman–Crippen MR) is 121 cm³/mol. The molecule has 0 aliphatic carbocycles. The lowest BCUT2D eigenvalue weighted by atomic mass is 10.2. The summed E-state index contributed by atoms with van der Waals surface area (Å²) in [6.45, 7) is 2.36. The largest absolute Gasteiger partial charge is 0.383 e. The molecule has 0 unspecified atom stereocenters. The van der Waals surface area contributed by atoms with Crippen LogP contribution in [0.1, 0.15) is 6.92 Å². The topological polar surface area (TPSA) is 79.4 Å². The highest BCUT2D eigenvalue weighted by molar-refractivity contribution is 6.36. The van der Waals surface area contributed by atoms with E-state index < -0.39 is 11.8 Å². The monoisotopic (exact) mass is 463 g/mol. The van der Waals surface area contributed by atoms with Gasteiger partial charge in [-0.3, -0.25) is 0 Å². The Labute approximate surface area is 189 Å². The molecule has 2 aromatic carbocycles. The van der Waals surface area contributed by atoms with E-state index in [0.29, 0.717) is 29.0 Å². The number of carbonyl (C=O) groups excluding carboxylic acids is 1. The number of carbonyl (C=O) groups is 1. The average Bonchev–Trinajstić information content (AvgIpc) is 2.72. The lowest BCUT2D eigenvalue weighted by Gasteiger charge is -2.23. The number of nitrogens with one attached hydrogen (secondary N) is 2. The van der Waals surface area contributed by atoms with Crippen LogP contribution >= 0.6 is 23.2 Å². The molecule has 1 heterocycles. The Balaban J connectivity index is 1.95. The normalized spacial score (nSPS) is 11.6. The van der Waals surface area contributed by atoms with E-state index in [1.807, 2.05) is 6.92 Å².